The molecule has 5 heteroatoms. The molecular weight excluding hydrogens is 195 g/mol. The van der Waals surface area contributed by atoms with Gasteiger partial charge < -0.3 is 10.8 Å². The zero-order valence-corrected chi connectivity index (χ0v) is 7.80. The molecule has 0 spiro atoms. The normalized spacial score (nSPS) is 11.9. The molecule has 0 aliphatic rings. The molecular formula is C8H12ClFN2O. The van der Waals surface area contributed by atoms with Gasteiger partial charge in [-0.15, -0.1) is 12.4 Å². The molecule has 13 heavy (non-hydrogen) atoms. The van der Waals surface area contributed by atoms with Gasteiger partial charge in [-0.05, 0) is 18.1 Å². The first-order valence-electron chi connectivity index (χ1n) is 3.69. The van der Waals surface area contributed by atoms with Crippen LogP contribution in [0.2, 0.25) is 0 Å². The summed E-state index contributed by atoms with van der Waals surface area (Å²) in [7, 11) is 0. The Bertz CT molecular complexity index is 260. The number of rotatable bonds is 3. The first kappa shape index (κ1) is 12.3. The number of nitrogens with zero attached hydrogens (tertiary/aromatic N) is 1. The van der Waals surface area contributed by atoms with Crippen LogP contribution in [0.5, 0.6) is 0 Å². The van der Waals surface area contributed by atoms with Crippen molar-refractivity contribution < 1.29 is 9.50 Å². The Labute approximate surface area is 82.2 Å². The molecule has 3 N–H and O–H groups in total. The monoisotopic (exact) mass is 206 g/mol. The van der Waals surface area contributed by atoms with Crippen LogP contribution in [-0.2, 0) is 6.42 Å². The van der Waals surface area contributed by atoms with Crippen LogP contribution in [-0.4, -0.2) is 22.7 Å². The van der Waals surface area contributed by atoms with E-state index in [4.69, 9.17) is 10.8 Å². The van der Waals surface area contributed by atoms with Gasteiger partial charge in [-0.1, -0.05) is 0 Å². The van der Waals surface area contributed by atoms with Crippen molar-refractivity contribution in [3.05, 3.63) is 29.8 Å². The molecule has 1 rings (SSSR count). The van der Waals surface area contributed by atoms with Crippen molar-refractivity contribution in [2.45, 2.75) is 12.5 Å². The van der Waals surface area contributed by atoms with Crippen molar-refractivity contribution in [1.29, 1.82) is 0 Å². The number of hydrogen-bond donors (Lipinski definition) is 2. The molecule has 0 saturated carbocycles. The number of aliphatic hydroxyl groups excluding tert-OH is 1. The van der Waals surface area contributed by atoms with Crippen molar-refractivity contribution in [2.75, 3.05) is 6.61 Å². The smallest absolute Gasteiger partial charge is 0.144 e. The van der Waals surface area contributed by atoms with Gasteiger partial charge in [-0.25, -0.2) is 4.39 Å². The Balaban J connectivity index is 0.00000144. The largest absolute Gasteiger partial charge is 0.395 e. The van der Waals surface area contributed by atoms with Gasteiger partial charge in [0.1, 0.15) is 5.82 Å². The molecule has 0 aromatic carbocycles. The van der Waals surface area contributed by atoms with E-state index in [0.29, 0.717) is 12.0 Å². The van der Waals surface area contributed by atoms with E-state index in [2.05, 4.69) is 4.98 Å². The molecule has 74 valence electrons. The minimum absolute atomic E-state index is 0. The van der Waals surface area contributed by atoms with E-state index >= 15 is 0 Å². The van der Waals surface area contributed by atoms with Crippen molar-refractivity contribution in [3.8, 4) is 0 Å². The molecule has 0 bridgehead atoms. The van der Waals surface area contributed by atoms with Gasteiger partial charge in [-0.3, -0.25) is 4.98 Å². The summed E-state index contributed by atoms with van der Waals surface area (Å²) >= 11 is 0. The molecule has 3 nitrogen and oxygen atoms in total. The van der Waals surface area contributed by atoms with Gasteiger partial charge in [0.2, 0.25) is 0 Å². The van der Waals surface area contributed by atoms with Crippen LogP contribution in [0, 0.1) is 5.82 Å². The molecule has 1 aromatic heterocycles. The zero-order valence-electron chi connectivity index (χ0n) is 6.98. The van der Waals surface area contributed by atoms with E-state index in [1.54, 1.807) is 6.07 Å². The Kier molecular flexibility index (Phi) is 5.53. The second-order valence-corrected chi connectivity index (χ2v) is 2.61. The lowest BCUT2D eigenvalue weighted by molar-refractivity contribution is 0.264. The van der Waals surface area contributed by atoms with Crippen LogP contribution in [0.25, 0.3) is 0 Å². The topological polar surface area (TPSA) is 59.1 Å². The van der Waals surface area contributed by atoms with E-state index < -0.39 is 6.04 Å². The van der Waals surface area contributed by atoms with E-state index in [1.807, 2.05) is 0 Å². The predicted octanol–water partition coefficient (Wildman–Crippen LogP) is 0.505. The van der Waals surface area contributed by atoms with E-state index in [0.717, 1.165) is 6.20 Å². The van der Waals surface area contributed by atoms with Gasteiger partial charge in [0, 0.05) is 12.2 Å². The summed E-state index contributed by atoms with van der Waals surface area (Å²) in [4.78, 5) is 3.60. The third-order valence-corrected chi connectivity index (χ3v) is 1.57. The van der Waals surface area contributed by atoms with Crippen molar-refractivity contribution >= 4 is 12.4 Å². The summed E-state index contributed by atoms with van der Waals surface area (Å²) in [6.07, 6.45) is 2.98. The minimum Gasteiger partial charge on any atom is -0.395 e. The van der Waals surface area contributed by atoms with Crippen molar-refractivity contribution in [2.24, 2.45) is 5.73 Å². The summed E-state index contributed by atoms with van der Waals surface area (Å²) in [5, 5.41) is 8.62. The molecule has 1 heterocycles. The summed E-state index contributed by atoms with van der Waals surface area (Å²) < 4.78 is 12.9. The highest BCUT2D eigenvalue weighted by atomic mass is 35.5. The van der Waals surface area contributed by atoms with E-state index in [9.17, 15) is 4.39 Å². The second kappa shape index (κ2) is 5.85. The average Bonchev–Trinajstić information content (AvgIpc) is 2.09. The molecule has 0 saturated heterocycles. The first-order valence-corrected chi connectivity index (χ1v) is 3.69. The third-order valence-electron chi connectivity index (χ3n) is 1.57. The fraction of sp³-hybridized carbons (Fsp3) is 0.375. The lowest BCUT2D eigenvalue weighted by atomic mass is 10.1. The minimum atomic E-state index is -0.401. The highest BCUT2D eigenvalue weighted by molar-refractivity contribution is 5.85. The Morgan fingerprint density at radius 1 is 1.62 bits per heavy atom. The second-order valence-electron chi connectivity index (χ2n) is 2.61. The lowest BCUT2D eigenvalue weighted by Crippen LogP contribution is -2.27. The van der Waals surface area contributed by atoms with E-state index in [-0.39, 0.29) is 24.8 Å². The SMILES string of the molecule is Cl.NC(CO)Cc1ccncc1F. The summed E-state index contributed by atoms with van der Waals surface area (Å²) in [5.74, 6) is -0.374. The lowest BCUT2D eigenvalue weighted by Gasteiger charge is -2.07. The third kappa shape index (κ3) is 3.67. The molecule has 0 aliphatic heterocycles. The van der Waals surface area contributed by atoms with Crippen LogP contribution in [0.4, 0.5) is 4.39 Å². The van der Waals surface area contributed by atoms with E-state index in [1.165, 1.54) is 6.20 Å². The number of aliphatic hydroxyl groups is 1. The van der Waals surface area contributed by atoms with Crippen molar-refractivity contribution in [3.63, 3.8) is 0 Å². The first-order chi connectivity index (χ1) is 5.74. The van der Waals surface area contributed by atoms with Gasteiger partial charge in [-0.2, -0.15) is 0 Å². The number of halogens is 2. The summed E-state index contributed by atoms with van der Waals surface area (Å²) in [6, 6.07) is 1.16. The van der Waals surface area contributed by atoms with Gasteiger partial charge in [0.05, 0.1) is 12.8 Å². The van der Waals surface area contributed by atoms with Gasteiger partial charge in [0.25, 0.3) is 0 Å². The average molecular weight is 207 g/mol. The van der Waals surface area contributed by atoms with Crippen LogP contribution in [0.15, 0.2) is 18.5 Å². The molecule has 0 amide bonds. The zero-order chi connectivity index (χ0) is 8.97. The van der Waals surface area contributed by atoms with Gasteiger partial charge >= 0.3 is 0 Å². The fourth-order valence-corrected chi connectivity index (χ4v) is 0.917. The quantitative estimate of drug-likeness (QED) is 0.758. The van der Waals surface area contributed by atoms with Crippen LogP contribution >= 0.6 is 12.4 Å². The molecule has 1 unspecified atom stereocenters. The van der Waals surface area contributed by atoms with Gasteiger partial charge in [0.15, 0.2) is 0 Å². The number of pyridine rings is 1. The Morgan fingerprint density at radius 3 is 2.85 bits per heavy atom. The highest BCUT2D eigenvalue weighted by Gasteiger charge is 2.06. The Hall–Kier alpha value is -0.710. The number of nitrogens with two attached hydrogens (primary N) is 1. The molecule has 0 fully saturated rings. The fourth-order valence-electron chi connectivity index (χ4n) is 0.917. The maximum atomic E-state index is 12.9. The number of hydrogen-bond acceptors (Lipinski definition) is 3. The summed E-state index contributed by atoms with van der Waals surface area (Å²) in [5.41, 5.74) is 5.93. The van der Waals surface area contributed by atoms with Crippen LogP contribution < -0.4 is 5.73 Å². The Morgan fingerprint density at radius 2 is 2.31 bits per heavy atom. The standard InChI is InChI=1S/C8H11FN2O.ClH/c9-8-4-11-2-1-6(8)3-7(10)5-12;/h1-2,4,7,12H,3,5,10H2;1H. The predicted molar refractivity (Wildman–Crippen MR) is 50.2 cm³/mol. The van der Waals surface area contributed by atoms with Crippen LogP contribution in [0.3, 0.4) is 0 Å². The number of aromatic nitrogens is 1. The molecule has 1 atom stereocenters. The molecule has 0 aliphatic carbocycles. The molecule has 1 aromatic rings. The maximum absolute atomic E-state index is 12.9. The summed E-state index contributed by atoms with van der Waals surface area (Å²) in [6.45, 7) is -0.137. The van der Waals surface area contributed by atoms with Crippen LogP contribution in [0.1, 0.15) is 5.56 Å². The van der Waals surface area contributed by atoms with Crippen molar-refractivity contribution in [1.82, 2.24) is 4.98 Å². The highest BCUT2D eigenvalue weighted by Crippen LogP contribution is 2.06. The maximum Gasteiger partial charge on any atom is 0.144 e. The molecule has 0 radical (unpaired) electrons.